The zero-order valence-corrected chi connectivity index (χ0v) is 14.5. The van der Waals surface area contributed by atoms with Gasteiger partial charge >= 0.3 is 0 Å². The van der Waals surface area contributed by atoms with Gasteiger partial charge in [-0.15, -0.1) is 0 Å². The van der Waals surface area contributed by atoms with E-state index in [9.17, 15) is 4.79 Å². The van der Waals surface area contributed by atoms with Crippen molar-refractivity contribution in [2.75, 3.05) is 26.3 Å². The van der Waals surface area contributed by atoms with Crippen molar-refractivity contribution in [3.8, 4) is 11.5 Å². The molecule has 0 fully saturated rings. The van der Waals surface area contributed by atoms with Gasteiger partial charge in [0.25, 0.3) is 5.91 Å². The van der Waals surface area contributed by atoms with Crippen molar-refractivity contribution in [3.05, 3.63) is 59.7 Å². The molecule has 25 heavy (non-hydrogen) atoms. The minimum atomic E-state index is -0.0242. The highest BCUT2D eigenvalue weighted by molar-refractivity contribution is 5.77. The van der Waals surface area contributed by atoms with Crippen LogP contribution in [0.1, 0.15) is 18.1 Å². The lowest BCUT2D eigenvalue weighted by Gasteiger charge is -2.21. The maximum Gasteiger partial charge on any atom is 0.260 e. The summed E-state index contributed by atoms with van der Waals surface area (Å²) in [6.45, 7) is 5.50. The molecule has 3 rings (SSSR count). The average molecular weight is 340 g/mol. The normalized spacial score (nSPS) is 13.3. The van der Waals surface area contributed by atoms with E-state index >= 15 is 0 Å². The maximum absolute atomic E-state index is 12.5. The molecule has 2 aromatic rings. The van der Waals surface area contributed by atoms with Gasteiger partial charge in [-0.1, -0.05) is 36.4 Å². The number of amides is 1. The van der Waals surface area contributed by atoms with Crippen LogP contribution in [0.4, 0.5) is 0 Å². The second-order valence-electron chi connectivity index (χ2n) is 5.98. The van der Waals surface area contributed by atoms with Crippen LogP contribution in [-0.4, -0.2) is 37.1 Å². The third-order valence-electron chi connectivity index (χ3n) is 4.20. The zero-order valence-electron chi connectivity index (χ0n) is 14.5. The molecule has 1 N–H and O–H groups in total. The van der Waals surface area contributed by atoms with Gasteiger partial charge in [0.05, 0.1) is 0 Å². The lowest BCUT2D eigenvalue weighted by Crippen LogP contribution is -2.34. The number of hydrogen-bond donors (Lipinski definition) is 1. The van der Waals surface area contributed by atoms with Crippen molar-refractivity contribution in [3.63, 3.8) is 0 Å². The summed E-state index contributed by atoms with van der Waals surface area (Å²) in [4.78, 5) is 14.2. The van der Waals surface area contributed by atoms with Crippen molar-refractivity contribution < 1.29 is 14.3 Å². The van der Waals surface area contributed by atoms with Crippen LogP contribution in [0.3, 0.4) is 0 Å². The first kappa shape index (κ1) is 17.3. The summed E-state index contributed by atoms with van der Waals surface area (Å²) in [6, 6.07) is 15.7. The number of nitrogens with one attached hydrogen (secondary N) is 1. The van der Waals surface area contributed by atoms with E-state index in [1.165, 1.54) is 0 Å². The first-order valence-electron chi connectivity index (χ1n) is 8.67. The molecule has 0 atom stereocenters. The van der Waals surface area contributed by atoms with E-state index in [0.29, 0.717) is 25.4 Å². The lowest BCUT2D eigenvalue weighted by molar-refractivity contribution is -0.133. The Morgan fingerprint density at radius 2 is 2.08 bits per heavy atom. The standard InChI is InChI=1S/C20H24N2O3/c1-2-22(14-16-6-4-3-5-7-16)20(23)15-25-18-9-8-17-13-21-10-11-24-19(17)12-18/h3-9,12,21H,2,10-11,13-15H2,1H3. The highest BCUT2D eigenvalue weighted by Crippen LogP contribution is 2.26. The van der Waals surface area contributed by atoms with Crippen molar-refractivity contribution in [2.45, 2.75) is 20.0 Å². The molecule has 0 saturated carbocycles. The Kier molecular flexibility index (Phi) is 5.90. The van der Waals surface area contributed by atoms with E-state index in [1.54, 1.807) is 4.90 Å². The summed E-state index contributed by atoms with van der Waals surface area (Å²) in [7, 11) is 0. The van der Waals surface area contributed by atoms with Crippen LogP contribution in [0.15, 0.2) is 48.5 Å². The van der Waals surface area contributed by atoms with Gasteiger partial charge in [-0.2, -0.15) is 0 Å². The fraction of sp³-hybridized carbons (Fsp3) is 0.350. The minimum Gasteiger partial charge on any atom is -0.492 e. The highest BCUT2D eigenvalue weighted by atomic mass is 16.5. The van der Waals surface area contributed by atoms with Gasteiger partial charge in [-0.05, 0) is 18.6 Å². The van der Waals surface area contributed by atoms with E-state index in [1.807, 2.05) is 55.5 Å². The molecule has 0 saturated heterocycles. The van der Waals surface area contributed by atoms with E-state index in [0.717, 1.165) is 30.0 Å². The summed E-state index contributed by atoms with van der Waals surface area (Å²) in [5, 5.41) is 3.29. The zero-order chi connectivity index (χ0) is 17.5. The van der Waals surface area contributed by atoms with E-state index in [2.05, 4.69) is 5.32 Å². The predicted molar refractivity (Wildman–Crippen MR) is 96.7 cm³/mol. The number of carbonyl (C=O) groups is 1. The number of likely N-dealkylation sites (N-methyl/N-ethyl adjacent to an activating group) is 1. The van der Waals surface area contributed by atoms with Crippen molar-refractivity contribution >= 4 is 5.91 Å². The number of fused-ring (bicyclic) bond motifs is 1. The molecule has 0 aliphatic carbocycles. The average Bonchev–Trinajstić information content (AvgIpc) is 2.90. The van der Waals surface area contributed by atoms with Crippen molar-refractivity contribution in [1.29, 1.82) is 0 Å². The molecule has 0 bridgehead atoms. The number of hydrogen-bond acceptors (Lipinski definition) is 4. The molecule has 1 aliphatic rings. The Morgan fingerprint density at radius 1 is 1.24 bits per heavy atom. The van der Waals surface area contributed by atoms with Gasteiger partial charge in [-0.25, -0.2) is 0 Å². The summed E-state index contributed by atoms with van der Waals surface area (Å²) in [5.41, 5.74) is 2.22. The van der Waals surface area contributed by atoms with Crippen molar-refractivity contribution in [2.24, 2.45) is 0 Å². The maximum atomic E-state index is 12.5. The van der Waals surface area contributed by atoms with Crippen LogP contribution < -0.4 is 14.8 Å². The van der Waals surface area contributed by atoms with Crippen LogP contribution in [0.2, 0.25) is 0 Å². The van der Waals surface area contributed by atoms with Gasteiger partial charge in [0, 0.05) is 37.8 Å². The molecule has 132 valence electrons. The van der Waals surface area contributed by atoms with Crippen LogP contribution >= 0.6 is 0 Å². The molecular weight excluding hydrogens is 316 g/mol. The quantitative estimate of drug-likeness (QED) is 0.878. The predicted octanol–water partition coefficient (Wildman–Crippen LogP) is 2.60. The monoisotopic (exact) mass is 340 g/mol. The summed E-state index contributed by atoms with van der Waals surface area (Å²) in [6.07, 6.45) is 0. The largest absolute Gasteiger partial charge is 0.492 e. The third-order valence-corrected chi connectivity index (χ3v) is 4.20. The molecule has 5 heteroatoms. The molecule has 1 heterocycles. The second-order valence-corrected chi connectivity index (χ2v) is 5.98. The number of ether oxygens (including phenoxy) is 2. The SMILES string of the molecule is CCN(Cc1ccccc1)C(=O)COc1ccc2c(c1)OCCNC2. The highest BCUT2D eigenvalue weighted by Gasteiger charge is 2.14. The fourth-order valence-electron chi connectivity index (χ4n) is 2.78. The molecular formula is C20H24N2O3. The summed E-state index contributed by atoms with van der Waals surface area (Å²) < 4.78 is 11.4. The molecule has 2 aromatic carbocycles. The Hall–Kier alpha value is -2.53. The Balaban J connectivity index is 1.58. The topological polar surface area (TPSA) is 50.8 Å². The molecule has 5 nitrogen and oxygen atoms in total. The van der Waals surface area contributed by atoms with Gasteiger partial charge in [-0.3, -0.25) is 4.79 Å². The first-order chi connectivity index (χ1) is 12.3. The number of carbonyl (C=O) groups excluding carboxylic acids is 1. The molecule has 0 unspecified atom stereocenters. The van der Waals surface area contributed by atoms with Crippen molar-refractivity contribution in [1.82, 2.24) is 10.2 Å². The smallest absolute Gasteiger partial charge is 0.260 e. The molecule has 1 amide bonds. The van der Waals surface area contributed by atoms with Crippen LogP contribution in [0.25, 0.3) is 0 Å². The number of nitrogens with zero attached hydrogens (tertiary/aromatic N) is 1. The first-order valence-corrected chi connectivity index (χ1v) is 8.67. The summed E-state index contributed by atoms with van der Waals surface area (Å²) in [5.74, 6) is 1.46. The van der Waals surface area contributed by atoms with E-state index in [4.69, 9.17) is 9.47 Å². The minimum absolute atomic E-state index is 0.0242. The molecule has 0 spiro atoms. The second kappa shape index (κ2) is 8.53. The van der Waals surface area contributed by atoms with Gasteiger partial charge in [0.2, 0.25) is 0 Å². The van der Waals surface area contributed by atoms with E-state index in [-0.39, 0.29) is 12.5 Å². The van der Waals surface area contributed by atoms with Crippen LogP contribution in [0.5, 0.6) is 11.5 Å². The Morgan fingerprint density at radius 3 is 2.88 bits per heavy atom. The van der Waals surface area contributed by atoms with E-state index < -0.39 is 0 Å². The van der Waals surface area contributed by atoms with Gasteiger partial charge in [0.15, 0.2) is 6.61 Å². The third kappa shape index (κ3) is 4.73. The fourth-order valence-corrected chi connectivity index (χ4v) is 2.78. The number of benzene rings is 2. The van der Waals surface area contributed by atoms with Crippen LogP contribution in [0, 0.1) is 0 Å². The summed E-state index contributed by atoms with van der Waals surface area (Å²) >= 11 is 0. The Bertz CT molecular complexity index is 703. The lowest BCUT2D eigenvalue weighted by atomic mass is 10.2. The Labute approximate surface area is 148 Å². The number of rotatable bonds is 6. The molecule has 0 radical (unpaired) electrons. The van der Waals surface area contributed by atoms with Gasteiger partial charge in [0.1, 0.15) is 18.1 Å². The molecule has 0 aromatic heterocycles. The molecule has 1 aliphatic heterocycles. The van der Waals surface area contributed by atoms with Gasteiger partial charge < -0.3 is 19.7 Å². The van der Waals surface area contributed by atoms with Crippen LogP contribution in [-0.2, 0) is 17.9 Å².